The molecule has 0 heteroatoms. The molecule has 0 aliphatic heterocycles. The van der Waals surface area contributed by atoms with E-state index in [4.69, 9.17) is 0 Å². The van der Waals surface area contributed by atoms with Crippen molar-refractivity contribution in [2.75, 3.05) is 0 Å². The van der Waals surface area contributed by atoms with Crippen LogP contribution in [-0.2, 0) is 0 Å². The monoisotopic (exact) mass is 420 g/mol. The number of hydrogen-bond acceptors (Lipinski definition) is 0. The predicted octanol–water partition coefficient (Wildman–Crippen LogP) is 11.3. The van der Waals surface area contributed by atoms with E-state index in [9.17, 15) is 0 Å². The number of rotatable bonds is 23. The molecule has 0 rings (SSSR count). The van der Waals surface area contributed by atoms with Gasteiger partial charge in [-0.15, -0.1) is 0 Å². The first kappa shape index (κ1) is 29.7. The van der Waals surface area contributed by atoms with Crippen molar-refractivity contribution >= 4 is 0 Å². The zero-order valence-corrected chi connectivity index (χ0v) is 22.0. The smallest absolute Gasteiger partial charge is 0.0236 e. The van der Waals surface area contributed by atoms with Gasteiger partial charge in [-0.1, -0.05) is 150 Å². The Hall–Kier alpha value is -0.260. The summed E-state index contributed by atoms with van der Waals surface area (Å²) in [6.45, 7) is 11.8. The molecule has 3 unspecified atom stereocenters. The van der Waals surface area contributed by atoms with Gasteiger partial charge >= 0.3 is 0 Å². The zero-order chi connectivity index (χ0) is 22.3. The van der Waals surface area contributed by atoms with Gasteiger partial charge in [0.1, 0.15) is 0 Å². The van der Waals surface area contributed by atoms with E-state index in [0.29, 0.717) is 0 Å². The van der Waals surface area contributed by atoms with Crippen LogP contribution in [0.15, 0.2) is 12.2 Å². The van der Waals surface area contributed by atoms with E-state index >= 15 is 0 Å². The normalized spacial score (nSPS) is 15.0. The Bertz CT molecular complexity index is 342. The molecule has 0 nitrogen and oxygen atoms in total. The maximum atomic E-state index is 2.55. The summed E-state index contributed by atoms with van der Waals surface area (Å²) >= 11 is 0. The Morgan fingerprint density at radius 1 is 0.467 bits per heavy atom. The average molecular weight is 421 g/mol. The molecule has 30 heavy (non-hydrogen) atoms. The molecule has 0 aliphatic rings. The second-order valence-electron chi connectivity index (χ2n) is 10.1. The van der Waals surface area contributed by atoms with E-state index in [1.54, 1.807) is 0 Å². The van der Waals surface area contributed by atoms with Crippen molar-refractivity contribution in [3.63, 3.8) is 0 Å². The van der Waals surface area contributed by atoms with Gasteiger partial charge in [-0.05, 0) is 43.4 Å². The Morgan fingerprint density at radius 2 is 0.967 bits per heavy atom. The van der Waals surface area contributed by atoms with Crippen LogP contribution in [0.25, 0.3) is 0 Å². The highest BCUT2D eigenvalue weighted by atomic mass is 14.1. The minimum atomic E-state index is 0.826. The molecule has 0 radical (unpaired) electrons. The van der Waals surface area contributed by atoms with E-state index in [0.717, 1.165) is 17.8 Å². The first-order chi connectivity index (χ1) is 14.7. The molecular weight excluding hydrogens is 360 g/mol. The lowest BCUT2D eigenvalue weighted by molar-refractivity contribution is 0.391. The van der Waals surface area contributed by atoms with Crippen LogP contribution >= 0.6 is 0 Å². The minimum Gasteiger partial charge on any atom is -0.0882 e. The van der Waals surface area contributed by atoms with Crippen molar-refractivity contribution in [1.29, 1.82) is 0 Å². The number of hydrogen-bond donors (Lipinski definition) is 0. The van der Waals surface area contributed by atoms with Crippen molar-refractivity contribution in [3.8, 4) is 0 Å². The predicted molar refractivity (Wildman–Crippen MR) is 140 cm³/mol. The molecule has 180 valence electrons. The third-order valence-corrected chi connectivity index (χ3v) is 7.45. The lowest BCUT2D eigenvalue weighted by atomic mass is 9.91. The lowest BCUT2D eigenvalue weighted by Crippen LogP contribution is -2.00. The maximum Gasteiger partial charge on any atom is -0.0236 e. The highest BCUT2D eigenvalue weighted by Gasteiger charge is 2.07. The van der Waals surface area contributed by atoms with Crippen LogP contribution in [0.3, 0.4) is 0 Å². The second-order valence-corrected chi connectivity index (χ2v) is 10.1. The number of allylic oxidation sites excluding steroid dienone is 2. The van der Waals surface area contributed by atoms with Crippen molar-refractivity contribution < 1.29 is 0 Å². The minimum absolute atomic E-state index is 0.826. The first-order valence-corrected chi connectivity index (χ1v) is 14.4. The average Bonchev–Trinajstić information content (AvgIpc) is 2.77. The van der Waals surface area contributed by atoms with Gasteiger partial charge in [0.15, 0.2) is 0 Å². The molecule has 0 amide bonds. The van der Waals surface area contributed by atoms with E-state index in [-0.39, 0.29) is 0 Å². The van der Waals surface area contributed by atoms with Crippen molar-refractivity contribution in [2.45, 2.75) is 163 Å². The van der Waals surface area contributed by atoms with Crippen LogP contribution in [-0.4, -0.2) is 0 Å². The van der Waals surface area contributed by atoms with Crippen molar-refractivity contribution in [3.05, 3.63) is 12.2 Å². The summed E-state index contributed by atoms with van der Waals surface area (Å²) in [7, 11) is 0. The van der Waals surface area contributed by atoms with Crippen LogP contribution < -0.4 is 0 Å². The van der Waals surface area contributed by atoms with Crippen LogP contribution in [0.5, 0.6) is 0 Å². The summed E-state index contributed by atoms with van der Waals surface area (Å²) < 4.78 is 0. The fourth-order valence-corrected chi connectivity index (χ4v) is 4.88. The molecule has 0 bridgehead atoms. The van der Waals surface area contributed by atoms with Crippen LogP contribution in [0.2, 0.25) is 0 Å². The lowest BCUT2D eigenvalue weighted by Gasteiger charge is -2.15. The molecule has 0 spiro atoms. The summed E-state index contributed by atoms with van der Waals surface area (Å²) in [5.74, 6) is 2.78. The Morgan fingerprint density at radius 3 is 1.50 bits per heavy atom. The van der Waals surface area contributed by atoms with E-state index < -0.39 is 0 Å². The van der Waals surface area contributed by atoms with Crippen molar-refractivity contribution in [2.24, 2.45) is 17.8 Å². The van der Waals surface area contributed by atoms with Gasteiger partial charge in [0, 0.05) is 0 Å². The standard InChI is InChI=1S/C30H60/c1-6-11-13-14-17-23-29(9-4)24-18-15-16-19-25-30(10-5)27-21-20-26-28(8-3)22-12-7-2/h21,27-30H,6-20,22-26H2,1-5H3/b27-21+. The van der Waals surface area contributed by atoms with E-state index in [2.05, 4.69) is 46.8 Å². The fourth-order valence-electron chi connectivity index (χ4n) is 4.88. The molecule has 0 aromatic carbocycles. The van der Waals surface area contributed by atoms with Crippen molar-refractivity contribution in [1.82, 2.24) is 0 Å². The van der Waals surface area contributed by atoms with E-state index in [1.807, 2.05) is 0 Å². The summed E-state index contributed by atoms with van der Waals surface area (Å²) in [6, 6.07) is 0. The highest BCUT2D eigenvalue weighted by molar-refractivity contribution is 4.88. The van der Waals surface area contributed by atoms with E-state index in [1.165, 1.54) is 128 Å². The van der Waals surface area contributed by atoms with Gasteiger partial charge in [0.25, 0.3) is 0 Å². The summed E-state index contributed by atoms with van der Waals surface area (Å²) in [6.07, 6.45) is 33.4. The summed E-state index contributed by atoms with van der Waals surface area (Å²) in [5.41, 5.74) is 0. The highest BCUT2D eigenvalue weighted by Crippen LogP contribution is 2.23. The molecule has 0 aliphatic carbocycles. The third kappa shape index (κ3) is 18.5. The molecule has 0 saturated heterocycles. The molecule has 3 atom stereocenters. The van der Waals surface area contributed by atoms with Gasteiger partial charge in [0.2, 0.25) is 0 Å². The van der Waals surface area contributed by atoms with Gasteiger partial charge < -0.3 is 0 Å². The third-order valence-electron chi connectivity index (χ3n) is 7.45. The largest absolute Gasteiger partial charge is 0.0882 e. The fraction of sp³-hybridized carbons (Fsp3) is 0.933. The maximum absolute atomic E-state index is 2.55. The summed E-state index contributed by atoms with van der Waals surface area (Å²) in [5, 5.41) is 0. The molecule has 0 fully saturated rings. The quantitative estimate of drug-likeness (QED) is 0.114. The Kier molecular flexibility index (Phi) is 23.2. The van der Waals surface area contributed by atoms with Crippen LogP contribution in [0.1, 0.15) is 163 Å². The van der Waals surface area contributed by atoms with Crippen LogP contribution in [0.4, 0.5) is 0 Å². The molecule has 0 aromatic rings. The number of unbranched alkanes of at least 4 members (excludes halogenated alkanes) is 8. The zero-order valence-electron chi connectivity index (χ0n) is 22.0. The molecular formula is C30H60. The van der Waals surface area contributed by atoms with Gasteiger partial charge in [0.05, 0.1) is 0 Å². The molecule has 0 heterocycles. The molecule has 0 N–H and O–H groups in total. The van der Waals surface area contributed by atoms with Crippen LogP contribution in [0, 0.1) is 17.8 Å². The second kappa shape index (κ2) is 23.4. The first-order valence-electron chi connectivity index (χ1n) is 14.4. The topological polar surface area (TPSA) is 0 Å². The van der Waals surface area contributed by atoms with Gasteiger partial charge in [-0.2, -0.15) is 0 Å². The van der Waals surface area contributed by atoms with Gasteiger partial charge in [-0.3, -0.25) is 0 Å². The Labute approximate surface area is 193 Å². The van der Waals surface area contributed by atoms with Gasteiger partial charge in [-0.25, -0.2) is 0 Å². The molecule has 0 aromatic heterocycles. The summed E-state index contributed by atoms with van der Waals surface area (Å²) in [4.78, 5) is 0. The Balaban J connectivity index is 3.77. The SMILES string of the molecule is CCCCCCCC(CC)CCCCCCC(/C=C/CCC(CC)CCCC)CC. The molecule has 0 saturated carbocycles.